The molecule has 1 N–H and O–H groups in total. The van der Waals surface area contributed by atoms with E-state index in [1.807, 2.05) is 36.1 Å². The fourth-order valence-electron chi connectivity index (χ4n) is 3.21. The van der Waals surface area contributed by atoms with Gasteiger partial charge in [-0.15, -0.1) is 0 Å². The molecule has 2 amide bonds. The summed E-state index contributed by atoms with van der Waals surface area (Å²) in [7, 11) is 0. The van der Waals surface area contributed by atoms with Crippen molar-refractivity contribution >= 4 is 23.4 Å². The SMILES string of the molecule is C[C@@H](CC(=O)NCCc1ccc(Cl)cc1)CC(=O)N1CCCCCC1. The van der Waals surface area contributed by atoms with Gasteiger partial charge in [0.15, 0.2) is 0 Å². The predicted molar refractivity (Wildman–Crippen MR) is 102 cm³/mol. The highest BCUT2D eigenvalue weighted by Gasteiger charge is 2.19. The quantitative estimate of drug-likeness (QED) is 0.799. The Bertz CT molecular complexity index is 551. The Kier molecular flexibility index (Phi) is 8.26. The first kappa shape index (κ1) is 19.8. The van der Waals surface area contributed by atoms with Crippen LogP contribution in [0.1, 0.15) is 51.0 Å². The molecule has 0 saturated carbocycles. The van der Waals surface area contributed by atoms with E-state index in [-0.39, 0.29) is 17.7 Å². The zero-order valence-corrected chi connectivity index (χ0v) is 15.9. The van der Waals surface area contributed by atoms with Gasteiger partial charge in [0.05, 0.1) is 0 Å². The van der Waals surface area contributed by atoms with Crippen LogP contribution < -0.4 is 5.32 Å². The van der Waals surface area contributed by atoms with Gasteiger partial charge in [-0.25, -0.2) is 0 Å². The highest BCUT2D eigenvalue weighted by molar-refractivity contribution is 6.30. The Morgan fingerprint density at radius 2 is 1.72 bits per heavy atom. The number of carbonyl (C=O) groups excluding carboxylic acids is 2. The highest BCUT2D eigenvalue weighted by Crippen LogP contribution is 2.15. The molecule has 25 heavy (non-hydrogen) atoms. The molecule has 4 nitrogen and oxygen atoms in total. The molecule has 1 saturated heterocycles. The topological polar surface area (TPSA) is 49.4 Å². The van der Waals surface area contributed by atoms with Crippen LogP contribution in [0, 0.1) is 5.92 Å². The van der Waals surface area contributed by atoms with Crippen molar-refractivity contribution in [3.63, 3.8) is 0 Å². The number of nitrogens with zero attached hydrogens (tertiary/aromatic N) is 1. The Hall–Kier alpha value is -1.55. The van der Waals surface area contributed by atoms with Crippen LogP contribution in [0.3, 0.4) is 0 Å². The number of hydrogen-bond donors (Lipinski definition) is 1. The molecule has 1 fully saturated rings. The predicted octanol–water partition coefficient (Wildman–Crippen LogP) is 3.82. The Labute approximate surface area is 155 Å². The van der Waals surface area contributed by atoms with Crippen molar-refractivity contribution in [2.75, 3.05) is 19.6 Å². The van der Waals surface area contributed by atoms with E-state index in [1.165, 1.54) is 12.8 Å². The van der Waals surface area contributed by atoms with E-state index in [2.05, 4.69) is 5.32 Å². The molecular formula is C20H29ClN2O2. The lowest BCUT2D eigenvalue weighted by Gasteiger charge is -2.22. The number of nitrogens with one attached hydrogen (secondary N) is 1. The molecule has 138 valence electrons. The monoisotopic (exact) mass is 364 g/mol. The van der Waals surface area contributed by atoms with Crippen LogP contribution >= 0.6 is 11.6 Å². The van der Waals surface area contributed by atoms with Crippen molar-refractivity contribution < 1.29 is 9.59 Å². The first-order valence-electron chi connectivity index (χ1n) is 9.33. The van der Waals surface area contributed by atoms with Crippen molar-refractivity contribution in [1.29, 1.82) is 0 Å². The van der Waals surface area contributed by atoms with Crippen molar-refractivity contribution in [1.82, 2.24) is 10.2 Å². The van der Waals surface area contributed by atoms with E-state index in [9.17, 15) is 9.59 Å². The maximum atomic E-state index is 12.4. The van der Waals surface area contributed by atoms with E-state index >= 15 is 0 Å². The average molecular weight is 365 g/mol. The molecule has 2 rings (SSSR count). The largest absolute Gasteiger partial charge is 0.356 e. The molecule has 0 aromatic heterocycles. The minimum Gasteiger partial charge on any atom is -0.356 e. The van der Waals surface area contributed by atoms with Crippen molar-refractivity contribution in [2.45, 2.75) is 51.9 Å². The summed E-state index contributed by atoms with van der Waals surface area (Å²) < 4.78 is 0. The number of hydrogen-bond acceptors (Lipinski definition) is 2. The van der Waals surface area contributed by atoms with Gasteiger partial charge in [-0.1, -0.05) is 43.5 Å². The minimum atomic E-state index is 0.0186. The van der Waals surface area contributed by atoms with E-state index in [1.54, 1.807) is 0 Å². The summed E-state index contributed by atoms with van der Waals surface area (Å²) in [5.41, 5.74) is 1.15. The number of halogens is 1. The number of likely N-dealkylation sites (tertiary alicyclic amines) is 1. The molecule has 1 aromatic rings. The first-order valence-corrected chi connectivity index (χ1v) is 9.71. The fourth-order valence-corrected chi connectivity index (χ4v) is 3.33. The van der Waals surface area contributed by atoms with Gasteiger partial charge in [0, 0.05) is 37.5 Å². The van der Waals surface area contributed by atoms with Crippen LogP contribution in [0.25, 0.3) is 0 Å². The van der Waals surface area contributed by atoms with E-state index < -0.39 is 0 Å². The smallest absolute Gasteiger partial charge is 0.222 e. The van der Waals surface area contributed by atoms with Crippen LogP contribution in [-0.2, 0) is 16.0 Å². The molecular weight excluding hydrogens is 336 g/mol. The Balaban J connectivity index is 1.65. The third kappa shape index (κ3) is 7.47. The van der Waals surface area contributed by atoms with Crippen LogP contribution in [-0.4, -0.2) is 36.3 Å². The molecule has 0 aliphatic carbocycles. The van der Waals surface area contributed by atoms with Crippen molar-refractivity contribution in [2.24, 2.45) is 5.92 Å². The second-order valence-electron chi connectivity index (χ2n) is 7.03. The van der Waals surface area contributed by atoms with Crippen LogP contribution in [0.15, 0.2) is 24.3 Å². The zero-order chi connectivity index (χ0) is 18.1. The third-order valence-electron chi connectivity index (χ3n) is 4.66. The average Bonchev–Trinajstić information content (AvgIpc) is 2.86. The third-order valence-corrected chi connectivity index (χ3v) is 4.92. The molecule has 0 unspecified atom stereocenters. The molecule has 5 heteroatoms. The van der Waals surface area contributed by atoms with Crippen LogP contribution in [0.5, 0.6) is 0 Å². The van der Waals surface area contributed by atoms with Gasteiger partial charge in [0.25, 0.3) is 0 Å². The lowest BCUT2D eigenvalue weighted by atomic mass is 10.0. The molecule has 1 aromatic carbocycles. The molecule has 1 heterocycles. The molecule has 0 bridgehead atoms. The summed E-state index contributed by atoms with van der Waals surface area (Å²) in [5.74, 6) is 0.291. The van der Waals surface area contributed by atoms with Gasteiger partial charge in [0.2, 0.25) is 11.8 Å². The number of benzene rings is 1. The summed E-state index contributed by atoms with van der Waals surface area (Å²) in [5, 5.41) is 3.66. The summed E-state index contributed by atoms with van der Waals surface area (Å²) in [6.45, 7) is 4.33. The summed E-state index contributed by atoms with van der Waals surface area (Å²) in [4.78, 5) is 26.4. The van der Waals surface area contributed by atoms with Crippen molar-refractivity contribution in [3.8, 4) is 0 Å². The molecule has 0 spiro atoms. The number of carbonyl (C=O) groups is 2. The maximum absolute atomic E-state index is 12.4. The second-order valence-corrected chi connectivity index (χ2v) is 7.47. The van der Waals surface area contributed by atoms with Gasteiger partial charge in [-0.05, 0) is 42.9 Å². The number of amides is 2. The van der Waals surface area contributed by atoms with Gasteiger partial charge in [-0.2, -0.15) is 0 Å². The zero-order valence-electron chi connectivity index (χ0n) is 15.1. The van der Waals surface area contributed by atoms with E-state index in [4.69, 9.17) is 11.6 Å². The lowest BCUT2D eigenvalue weighted by molar-refractivity contribution is -0.132. The van der Waals surface area contributed by atoms with Gasteiger partial charge in [0.1, 0.15) is 0 Å². The molecule has 1 aliphatic rings. The number of rotatable bonds is 7. The van der Waals surface area contributed by atoms with E-state index in [0.29, 0.717) is 19.4 Å². The normalized spacial score (nSPS) is 16.2. The molecule has 1 atom stereocenters. The minimum absolute atomic E-state index is 0.0186. The Morgan fingerprint density at radius 1 is 1.08 bits per heavy atom. The standard InChI is InChI=1S/C20H29ClN2O2/c1-16(15-20(25)23-12-4-2-3-5-13-23)14-19(24)22-11-10-17-6-8-18(21)9-7-17/h6-9,16H,2-5,10-15H2,1H3,(H,22,24)/t16-/m0/s1. The molecule has 1 aliphatic heterocycles. The van der Waals surface area contributed by atoms with Crippen LogP contribution in [0.2, 0.25) is 5.02 Å². The van der Waals surface area contributed by atoms with E-state index in [0.717, 1.165) is 42.9 Å². The highest BCUT2D eigenvalue weighted by atomic mass is 35.5. The lowest BCUT2D eigenvalue weighted by Crippen LogP contribution is -2.34. The Morgan fingerprint density at radius 3 is 2.36 bits per heavy atom. The van der Waals surface area contributed by atoms with Gasteiger partial charge < -0.3 is 10.2 Å². The van der Waals surface area contributed by atoms with Crippen LogP contribution in [0.4, 0.5) is 0 Å². The maximum Gasteiger partial charge on any atom is 0.222 e. The second kappa shape index (κ2) is 10.4. The first-order chi connectivity index (χ1) is 12.0. The fraction of sp³-hybridized carbons (Fsp3) is 0.600. The molecule has 0 radical (unpaired) electrons. The summed E-state index contributed by atoms with van der Waals surface area (Å²) in [6, 6.07) is 7.65. The van der Waals surface area contributed by atoms with Crippen molar-refractivity contribution in [3.05, 3.63) is 34.9 Å². The van der Waals surface area contributed by atoms with Gasteiger partial charge in [-0.3, -0.25) is 9.59 Å². The summed E-state index contributed by atoms with van der Waals surface area (Å²) in [6.07, 6.45) is 6.29. The van der Waals surface area contributed by atoms with Gasteiger partial charge >= 0.3 is 0 Å². The summed E-state index contributed by atoms with van der Waals surface area (Å²) >= 11 is 5.86.